The van der Waals surface area contributed by atoms with Crippen molar-refractivity contribution in [2.45, 2.75) is 19.1 Å². The Morgan fingerprint density at radius 1 is 1.15 bits per heavy atom. The standard InChI is InChI=1S/C24H25N3O6/c1-30-18-3-5-19(6-4-18)31-11-8-23(28)26-20(15-27-10-9-25-16-27)24(29)17-2-7-21-22(14-17)33-13-12-32-21/h2-7,9-10,14,16,24,29H,8,11-13,15H2,1H3/b26-20+/t24-/m1/s1. The Labute approximate surface area is 191 Å². The summed E-state index contributed by atoms with van der Waals surface area (Å²) in [6.07, 6.45) is 3.92. The predicted octanol–water partition coefficient (Wildman–Crippen LogP) is 2.83. The Balaban J connectivity index is 1.45. The van der Waals surface area contributed by atoms with E-state index in [1.807, 2.05) is 0 Å². The van der Waals surface area contributed by atoms with Gasteiger partial charge in [0, 0.05) is 12.4 Å². The maximum absolute atomic E-state index is 12.6. The monoisotopic (exact) mass is 451 g/mol. The lowest BCUT2D eigenvalue weighted by atomic mass is 10.0. The molecule has 0 radical (unpaired) electrons. The molecule has 1 aromatic heterocycles. The molecule has 0 aliphatic carbocycles. The molecule has 0 spiro atoms. The third-order valence-electron chi connectivity index (χ3n) is 5.01. The molecular weight excluding hydrogens is 426 g/mol. The molecule has 1 amide bonds. The molecule has 0 unspecified atom stereocenters. The maximum Gasteiger partial charge on any atom is 0.249 e. The number of carbonyl (C=O) groups excluding carboxylic acids is 1. The molecule has 1 aliphatic heterocycles. The first-order chi connectivity index (χ1) is 16.1. The van der Waals surface area contributed by atoms with Crippen molar-refractivity contribution in [1.82, 2.24) is 9.55 Å². The number of methoxy groups -OCH3 is 1. The SMILES string of the molecule is COc1ccc(OCCC(=O)/N=C(\Cn2ccnc2)[C@H](O)c2ccc3c(c2)OCCO3)cc1. The van der Waals surface area contributed by atoms with Crippen LogP contribution in [-0.2, 0) is 11.3 Å². The van der Waals surface area contributed by atoms with Crippen LogP contribution in [0.1, 0.15) is 18.1 Å². The molecule has 0 saturated heterocycles. The van der Waals surface area contributed by atoms with Crippen LogP contribution in [0.25, 0.3) is 0 Å². The van der Waals surface area contributed by atoms with Gasteiger partial charge in [0.05, 0.1) is 38.7 Å². The molecule has 172 valence electrons. The topological polar surface area (TPSA) is 104 Å². The molecule has 2 heterocycles. The van der Waals surface area contributed by atoms with Crippen LogP contribution in [0.15, 0.2) is 66.2 Å². The van der Waals surface area contributed by atoms with Crippen LogP contribution in [0.2, 0.25) is 0 Å². The van der Waals surface area contributed by atoms with Gasteiger partial charge in [0.25, 0.3) is 0 Å². The molecule has 0 bridgehead atoms. The number of aliphatic imine (C=N–C) groups is 1. The highest BCUT2D eigenvalue weighted by Crippen LogP contribution is 2.33. The molecule has 0 saturated carbocycles. The Kier molecular flexibility index (Phi) is 7.21. The van der Waals surface area contributed by atoms with Gasteiger partial charge >= 0.3 is 0 Å². The lowest BCUT2D eigenvalue weighted by molar-refractivity contribution is -0.118. The highest BCUT2D eigenvalue weighted by Gasteiger charge is 2.21. The second-order valence-corrected chi connectivity index (χ2v) is 7.31. The molecule has 2 aromatic carbocycles. The van der Waals surface area contributed by atoms with Gasteiger partial charge < -0.3 is 28.6 Å². The number of hydrogen-bond acceptors (Lipinski definition) is 7. The van der Waals surface area contributed by atoms with E-state index in [1.165, 1.54) is 0 Å². The number of ether oxygens (including phenoxy) is 4. The van der Waals surface area contributed by atoms with Gasteiger partial charge in [0.15, 0.2) is 11.5 Å². The molecule has 9 nitrogen and oxygen atoms in total. The van der Waals surface area contributed by atoms with Crippen molar-refractivity contribution >= 4 is 11.6 Å². The first-order valence-corrected chi connectivity index (χ1v) is 10.5. The van der Waals surface area contributed by atoms with Gasteiger partial charge in [-0.15, -0.1) is 0 Å². The van der Waals surface area contributed by atoms with Crippen molar-refractivity contribution in [3.05, 3.63) is 66.7 Å². The van der Waals surface area contributed by atoms with Crippen molar-refractivity contribution in [3.8, 4) is 23.0 Å². The van der Waals surface area contributed by atoms with E-state index in [0.29, 0.717) is 41.7 Å². The fraction of sp³-hybridized carbons (Fsp3) is 0.292. The molecule has 4 rings (SSSR count). The van der Waals surface area contributed by atoms with Crippen molar-refractivity contribution in [1.29, 1.82) is 0 Å². The maximum atomic E-state index is 12.6. The lowest BCUT2D eigenvalue weighted by Gasteiger charge is -2.21. The van der Waals surface area contributed by atoms with Crippen LogP contribution in [-0.4, -0.2) is 53.2 Å². The Morgan fingerprint density at radius 3 is 2.64 bits per heavy atom. The van der Waals surface area contributed by atoms with E-state index < -0.39 is 12.0 Å². The summed E-state index contributed by atoms with van der Waals surface area (Å²) in [5.74, 6) is 2.13. The number of fused-ring (bicyclic) bond motifs is 1. The van der Waals surface area contributed by atoms with E-state index in [-0.39, 0.29) is 19.6 Å². The normalized spacial score (nSPS) is 13.9. The number of amides is 1. The van der Waals surface area contributed by atoms with Gasteiger partial charge in [-0.1, -0.05) is 6.07 Å². The average molecular weight is 451 g/mol. The summed E-state index contributed by atoms with van der Waals surface area (Å²) in [6.45, 7) is 1.29. The van der Waals surface area contributed by atoms with Crippen molar-refractivity contribution in [3.63, 3.8) is 0 Å². The first kappa shape index (κ1) is 22.3. The Bertz CT molecular complexity index is 1100. The van der Waals surface area contributed by atoms with Gasteiger partial charge in [-0.3, -0.25) is 4.79 Å². The summed E-state index contributed by atoms with van der Waals surface area (Å²) >= 11 is 0. The highest BCUT2D eigenvalue weighted by atomic mass is 16.6. The quantitative estimate of drug-likeness (QED) is 0.499. The molecule has 33 heavy (non-hydrogen) atoms. The van der Waals surface area contributed by atoms with Crippen LogP contribution in [0.3, 0.4) is 0 Å². The second kappa shape index (κ2) is 10.6. The molecule has 1 atom stereocenters. The third-order valence-corrected chi connectivity index (χ3v) is 5.01. The van der Waals surface area contributed by atoms with E-state index in [4.69, 9.17) is 18.9 Å². The summed E-state index contributed by atoms with van der Waals surface area (Å²) in [6, 6.07) is 12.3. The Morgan fingerprint density at radius 2 is 1.91 bits per heavy atom. The number of nitrogens with zero attached hydrogens (tertiary/aromatic N) is 3. The van der Waals surface area contributed by atoms with Gasteiger partial charge in [0.2, 0.25) is 5.91 Å². The van der Waals surface area contributed by atoms with Crippen LogP contribution >= 0.6 is 0 Å². The van der Waals surface area contributed by atoms with Gasteiger partial charge in [-0.25, -0.2) is 9.98 Å². The van der Waals surface area contributed by atoms with Crippen molar-refractivity contribution in [2.75, 3.05) is 26.9 Å². The minimum atomic E-state index is -1.10. The van der Waals surface area contributed by atoms with E-state index in [0.717, 1.165) is 5.75 Å². The smallest absolute Gasteiger partial charge is 0.249 e. The second-order valence-electron chi connectivity index (χ2n) is 7.31. The number of benzene rings is 2. The predicted molar refractivity (Wildman–Crippen MR) is 120 cm³/mol. The Hall–Kier alpha value is -3.85. The minimum absolute atomic E-state index is 0.0628. The average Bonchev–Trinajstić information content (AvgIpc) is 3.36. The zero-order chi connectivity index (χ0) is 23.0. The summed E-state index contributed by atoms with van der Waals surface area (Å²) in [5, 5.41) is 11.0. The van der Waals surface area contributed by atoms with Crippen molar-refractivity contribution < 1.29 is 28.8 Å². The number of aromatic nitrogens is 2. The van der Waals surface area contributed by atoms with Crippen molar-refractivity contribution in [2.24, 2.45) is 4.99 Å². The number of aliphatic hydroxyl groups is 1. The zero-order valence-corrected chi connectivity index (χ0v) is 18.2. The van der Waals surface area contributed by atoms with E-state index in [1.54, 1.807) is 72.9 Å². The third kappa shape index (κ3) is 5.89. The highest BCUT2D eigenvalue weighted by molar-refractivity contribution is 5.98. The van der Waals surface area contributed by atoms with Crippen LogP contribution in [0, 0.1) is 0 Å². The van der Waals surface area contributed by atoms with E-state index >= 15 is 0 Å². The van der Waals surface area contributed by atoms with Gasteiger partial charge in [0.1, 0.15) is 30.8 Å². The summed E-state index contributed by atoms with van der Waals surface area (Å²) in [7, 11) is 1.59. The molecule has 9 heteroatoms. The number of imidazole rings is 1. The largest absolute Gasteiger partial charge is 0.497 e. The van der Waals surface area contributed by atoms with Crippen LogP contribution < -0.4 is 18.9 Å². The molecular formula is C24H25N3O6. The molecule has 0 fully saturated rings. The first-order valence-electron chi connectivity index (χ1n) is 10.5. The number of aliphatic hydroxyl groups excluding tert-OH is 1. The molecule has 3 aromatic rings. The number of rotatable bonds is 9. The van der Waals surface area contributed by atoms with E-state index in [9.17, 15) is 9.90 Å². The fourth-order valence-electron chi connectivity index (χ4n) is 3.32. The van der Waals surface area contributed by atoms with Gasteiger partial charge in [-0.2, -0.15) is 0 Å². The zero-order valence-electron chi connectivity index (χ0n) is 18.2. The summed E-state index contributed by atoms with van der Waals surface area (Å²) in [4.78, 5) is 20.8. The molecule has 1 N–H and O–H groups in total. The number of carbonyl (C=O) groups is 1. The van der Waals surface area contributed by atoms with Crippen LogP contribution in [0.4, 0.5) is 0 Å². The molecule has 1 aliphatic rings. The summed E-state index contributed by atoms with van der Waals surface area (Å²) in [5.41, 5.74) is 0.847. The van der Waals surface area contributed by atoms with E-state index in [2.05, 4.69) is 9.98 Å². The van der Waals surface area contributed by atoms with Gasteiger partial charge in [-0.05, 0) is 42.0 Å². The fourth-order valence-corrected chi connectivity index (χ4v) is 3.32. The number of hydrogen-bond donors (Lipinski definition) is 1. The lowest BCUT2D eigenvalue weighted by Crippen LogP contribution is -2.21. The van der Waals surface area contributed by atoms with Crippen LogP contribution in [0.5, 0.6) is 23.0 Å². The summed E-state index contributed by atoms with van der Waals surface area (Å²) < 4.78 is 23.6. The minimum Gasteiger partial charge on any atom is -0.497 e.